The van der Waals surface area contributed by atoms with Gasteiger partial charge in [-0.3, -0.25) is 0 Å². The maximum atomic E-state index is 5.98. The van der Waals surface area contributed by atoms with Gasteiger partial charge in [0, 0.05) is 11.8 Å². The number of hydrogen-bond acceptors (Lipinski definition) is 3. The van der Waals surface area contributed by atoms with Gasteiger partial charge in [0.1, 0.15) is 0 Å². The van der Waals surface area contributed by atoms with Crippen LogP contribution in [0.15, 0.2) is 18.2 Å². The van der Waals surface area contributed by atoms with Crippen LogP contribution in [-0.2, 0) is 6.54 Å². The Bertz CT molecular complexity index is 519. The third kappa shape index (κ3) is 2.57. The number of rotatable bonds is 4. The molecule has 4 heteroatoms. The Morgan fingerprint density at radius 1 is 1.47 bits per heavy atom. The lowest BCUT2D eigenvalue weighted by Crippen LogP contribution is -2.07. The van der Waals surface area contributed by atoms with E-state index in [2.05, 4.69) is 41.8 Å². The summed E-state index contributed by atoms with van der Waals surface area (Å²) in [5, 5.41) is 0.650. The van der Waals surface area contributed by atoms with E-state index < -0.39 is 0 Å². The van der Waals surface area contributed by atoms with Crippen molar-refractivity contribution in [1.29, 1.82) is 0 Å². The van der Waals surface area contributed by atoms with E-state index in [1.807, 2.05) is 17.8 Å². The molecule has 1 aromatic heterocycles. The highest BCUT2D eigenvalue weighted by Crippen LogP contribution is 2.21. The normalized spacial score (nSPS) is 13.1. The topological polar surface area (TPSA) is 43.8 Å². The number of aryl methyl sites for hydroxylation is 2. The van der Waals surface area contributed by atoms with Crippen molar-refractivity contribution < 1.29 is 0 Å². The third-order valence-electron chi connectivity index (χ3n) is 3.09. The number of nitrogen functional groups attached to an aromatic ring is 1. The van der Waals surface area contributed by atoms with Crippen molar-refractivity contribution in [3.05, 3.63) is 23.8 Å². The molecule has 3 nitrogen and oxygen atoms in total. The summed E-state index contributed by atoms with van der Waals surface area (Å²) < 4.78 is 2.12. The maximum Gasteiger partial charge on any atom is 0.201 e. The van der Waals surface area contributed by atoms with Crippen LogP contribution < -0.4 is 5.73 Å². The number of hydrogen-bond donors (Lipinski definition) is 1. The molecular formula is C13H19N3S. The van der Waals surface area contributed by atoms with Gasteiger partial charge in [-0.2, -0.15) is 11.8 Å². The van der Waals surface area contributed by atoms with E-state index in [1.54, 1.807) is 0 Å². The molecule has 0 saturated carbocycles. The molecule has 0 radical (unpaired) electrons. The quantitative estimate of drug-likeness (QED) is 0.905. The van der Waals surface area contributed by atoms with Gasteiger partial charge in [-0.05, 0) is 37.3 Å². The van der Waals surface area contributed by atoms with E-state index in [-0.39, 0.29) is 0 Å². The summed E-state index contributed by atoms with van der Waals surface area (Å²) in [7, 11) is 0. The highest BCUT2D eigenvalue weighted by atomic mass is 32.2. The van der Waals surface area contributed by atoms with Gasteiger partial charge >= 0.3 is 0 Å². The summed E-state index contributed by atoms with van der Waals surface area (Å²) in [5.74, 6) is 0.624. The number of nitrogens with zero attached hydrogens (tertiary/aromatic N) is 2. The van der Waals surface area contributed by atoms with Crippen LogP contribution in [0.3, 0.4) is 0 Å². The molecule has 17 heavy (non-hydrogen) atoms. The second-order valence-electron chi connectivity index (χ2n) is 4.45. The highest BCUT2D eigenvalue weighted by molar-refractivity contribution is 7.99. The average Bonchev–Trinajstić information content (AvgIpc) is 2.61. The van der Waals surface area contributed by atoms with Crippen molar-refractivity contribution in [2.24, 2.45) is 0 Å². The van der Waals surface area contributed by atoms with Crippen molar-refractivity contribution >= 4 is 28.7 Å². The van der Waals surface area contributed by atoms with Gasteiger partial charge in [-0.15, -0.1) is 0 Å². The molecule has 0 aliphatic heterocycles. The third-order valence-corrected chi connectivity index (χ3v) is 4.14. The summed E-state index contributed by atoms with van der Waals surface area (Å²) in [6, 6.07) is 6.27. The second kappa shape index (κ2) is 5.00. The average molecular weight is 249 g/mol. The van der Waals surface area contributed by atoms with Gasteiger partial charge in [-0.25, -0.2) is 4.98 Å². The Hall–Kier alpha value is -1.16. The summed E-state index contributed by atoms with van der Waals surface area (Å²) >= 11 is 1.89. The van der Waals surface area contributed by atoms with E-state index in [0.717, 1.165) is 24.0 Å². The SMILES string of the molecule is CSC(C)CCn1c(N)nc2ccc(C)cc21. The molecule has 0 amide bonds. The first-order valence-electron chi connectivity index (χ1n) is 5.87. The Balaban J connectivity index is 2.32. The minimum absolute atomic E-state index is 0.624. The predicted molar refractivity (Wildman–Crippen MR) is 76.5 cm³/mol. The second-order valence-corrected chi connectivity index (χ2v) is 5.72. The Morgan fingerprint density at radius 3 is 2.94 bits per heavy atom. The van der Waals surface area contributed by atoms with Gasteiger partial charge in [0.25, 0.3) is 0 Å². The smallest absolute Gasteiger partial charge is 0.201 e. The lowest BCUT2D eigenvalue weighted by molar-refractivity contribution is 0.662. The largest absolute Gasteiger partial charge is 0.369 e. The zero-order chi connectivity index (χ0) is 12.4. The molecule has 0 aliphatic carbocycles. The number of nitrogens with two attached hydrogens (primary N) is 1. The molecule has 0 bridgehead atoms. The maximum absolute atomic E-state index is 5.98. The Labute approximate surface area is 106 Å². The fraction of sp³-hybridized carbons (Fsp3) is 0.462. The summed E-state index contributed by atoms with van der Waals surface area (Å²) in [6.45, 7) is 5.27. The first-order chi connectivity index (χ1) is 8.11. The molecule has 92 valence electrons. The molecule has 0 aliphatic rings. The molecule has 1 atom stereocenters. The molecule has 1 unspecified atom stereocenters. The van der Waals surface area contributed by atoms with E-state index in [0.29, 0.717) is 11.2 Å². The Kier molecular flexibility index (Phi) is 3.62. The first kappa shape index (κ1) is 12.3. The fourth-order valence-electron chi connectivity index (χ4n) is 1.92. The van der Waals surface area contributed by atoms with Crippen molar-refractivity contribution in [3.63, 3.8) is 0 Å². The molecule has 2 N–H and O–H groups in total. The molecule has 2 rings (SSSR count). The molecule has 0 fully saturated rings. The molecule has 0 spiro atoms. The summed E-state index contributed by atoms with van der Waals surface area (Å²) in [6.07, 6.45) is 3.26. The van der Waals surface area contributed by atoms with Gasteiger partial charge < -0.3 is 10.3 Å². The van der Waals surface area contributed by atoms with E-state index >= 15 is 0 Å². The highest BCUT2D eigenvalue weighted by Gasteiger charge is 2.09. The van der Waals surface area contributed by atoms with Crippen LogP contribution in [0.25, 0.3) is 11.0 Å². The zero-order valence-electron chi connectivity index (χ0n) is 10.6. The van der Waals surface area contributed by atoms with Gasteiger partial charge in [0.15, 0.2) is 0 Å². The Morgan fingerprint density at radius 2 is 2.24 bits per heavy atom. The van der Waals surface area contributed by atoms with Crippen LogP contribution in [0.5, 0.6) is 0 Å². The summed E-state index contributed by atoms with van der Waals surface area (Å²) in [4.78, 5) is 4.39. The van der Waals surface area contributed by atoms with E-state index in [9.17, 15) is 0 Å². The predicted octanol–water partition coefficient (Wildman–Crippen LogP) is 3.07. The van der Waals surface area contributed by atoms with Crippen LogP contribution in [0, 0.1) is 6.92 Å². The van der Waals surface area contributed by atoms with Gasteiger partial charge in [0.05, 0.1) is 11.0 Å². The molecule has 1 heterocycles. The van der Waals surface area contributed by atoms with Crippen LogP contribution in [0.4, 0.5) is 5.95 Å². The van der Waals surface area contributed by atoms with Crippen LogP contribution >= 0.6 is 11.8 Å². The van der Waals surface area contributed by atoms with Crippen LogP contribution in [0.1, 0.15) is 18.9 Å². The van der Waals surface area contributed by atoms with Crippen molar-refractivity contribution in [2.45, 2.75) is 32.1 Å². The first-order valence-corrected chi connectivity index (χ1v) is 7.15. The lowest BCUT2D eigenvalue weighted by atomic mass is 10.2. The van der Waals surface area contributed by atoms with Crippen LogP contribution in [0.2, 0.25) is 0 Å². The van der Waals surface area contributed by atoms with Gasteiger partial charge in [-0.1, -0.05) is 13.0 Å². The van der Waals surface area contributed by atoms with Crippen molar-refractivity contribution in [3.8, 4) is 0 Å². The van der Waals surface area contributed by atoms with E-state index in [1.165, 1.54) is 5.56 Å². The number of anilines is 1. The molecular weight excluding hydrogens is 230 g/mol. The number of thioether (sulfide) groups is 1. The number of imidazole rings is 1. The molecule has 0 saturated heterocycles. The number of aromatic nitrogens is 2. The standard InChI is InChI=1S/C13H19N3S/c1-9-4-5-11-12(8-9)16(13(14)15-11)7-6-10(2)17-3/h4-5,8,10H,6-7H2,1-3H3,(H2,14,15). The minimum atomic E-state index is 0.624. The fourth-order valence-corrected chi connectivity index (χ4v) is 2.26. The zero-order valence-corrected chi connectivity index (χ0v) is 11.4. The monoisotopic (exact) mass is 249 g/mol. The minimum Gasteiger partial charge on any atom is -0.369 e. The van der Waals surface area contributed by atoms with E-state index in [4.69, 9.17) is 5.73 Å². The summed E-state index contributed by atoms with van der Waals surface area (Å²) in [5.41, 5.74) is 9.36. The van der Waals surface area contributed by atoms with Crippen molar-refractivity contribution in [1.82, 2.24) is 9.55 Å². The number of benzene rings is 1. The van der Waals surface area contributed by atoms with Crippen molar-refractivity contribution in [2.75, 3.05) is 12.0 Å². The number of fused-ring (bicyclic) bond motifs is 1. The molecule has 1 aromatic carbocycles. The molecule has 2 aromatic rings. The van der Waals surface area contributed by atoms with Gasteiger partial charge in [0.2, 0.25) is 5.95 Å². The van der Waals surface area contributed by atoms with Crippen LogP contribution in [-0.4, -0.2) is 21.1 Å². The lowest BCUT2D eigenvalue weighted by Gasteiger charge is -2.10.